The Labute approximate surface area is 177 Å². The summed E-state index contributed by atoms with van der Waals surface area (Å²) >= 11 is 1.36. The molecule has 6 heteroatoms. The number of allylic oxidation sites excluding steroid dienone is 1. The number of benzene rings is 1. The van der Waals surface area contributed by atoms with E-state index in [0.717, 1.165) is 25.7 Å². The number of aromatic nitrogens is 2. The summed E-state index contributed by atoms with van der Waals surface area (Å²) in [7, 11) is 0. The van der Waals surface area contributed by atoms with Crippen LogP contribution in [-0.2, 0) is 4.79 Å². The predicted molar refractivity (Wildman–Crippen MR) is 121 cm³/mol. The zero-order valence-corrected chi connectivity index (χ0v) is 18.4. The third kappa shape index (κ3) is 5.30. The molecule has 0 saturated carbocycles. The van der Waals surface area contributed by atoms with Gasteiger partial charge in [0, 0.05) is 12.6 Å². The number of nitrogens with one attached hydrogen (secondary N) is 1. The lowest BCUT2D eigenvalue weighted by molar-refractivity contribution is -0.120. The van der Waals surface area contributed by atoms with Gasteiger partial charge in [-0.1, -0.05) is 42.5 Å². The van der Waals surface area contributed by atoms with E-state index in [1.54, 1.807) is 4.57 Å². The van der Waals surface area contributed by atoms with Crippen LogP contribution >= 0.6 is 11.8 Å². The Morgan fingerprint density at radius 2 is 2.07 bits per heavy atom. The third-order valence-corrected chi connectivity index (χ3v) is 6.66. The monoisotopic (exact) mass is 413 g/mol. The minimum atomic E-state index is -0.321. The molecular weight excluding hydrogens is 382 g/mol. The number of nitrogens with zero attached hydrogens (tertiary/aromatic N) is 2. The van der Waals surface area contributed by atoms with Gasteiger partial charge in [-0.15, -0.1) is 0 Å². The average molecular weight is 414 g/mol. The summed E-state index contributed by atoms with van der Waals surface area (Å²) in [5.74, 6) is -0.00971. The Morgan fingerprint density at radius 3 is 2.79 bits per heavy atom. The van der Waals surface area contributed by atoms with Crippen LogP contribution in [0.2, 0.25) is 0 Å². The first-order valence-electron chi connectivity index (χ1n) is 10.6. The van der Waals surface area contributed by atoms with E-state index in [4.69, 9.17) is 4.98 Å². The Hall–Kier alpha value is -2.08. The van der Waals surface area contributed by atoms with Crippen LogP contribution in [0.5, 0.6) is 0 Å². The van der Waals surface area contributed by atoms with Crippen molar-refractivity contribution in [1.82, 2.24) is 14.9 Å². The van der Waals surface area contributed by atoms with E-state index < -0.39 is 0 Å². The molecule has 1 aromatic heterocycles. The van der Waals surface area contributed by atoms with Gasteiger partial charge in [0.2, 0.25) is 5.91 Å². The molecule has 1 aromatic carbocycles. The van der Waals surface area contributed by atoms with Crippen LogP contribution in [0.15, 0.2) is 45.9 Å². The lowest BCUT2D eigenvalue weighted by Gasteiger charge is -2.20. The van der Waals surface area contributed by atoms with Crippen molar-refractivity contribution in [2.75, 3.05) is 6.54 Å². The summed E-state index contributed by atoms with van der Waals surface area (Å²) in [5, 5.41) is 3.96. The number of carbonyl (C=O) groups is 1. The van der Waals surface area contributed by atoms with Gasteiger partial charge in [0.1, 0.15) is 0 Å². The fourth-order valence-electron chi connectivity index (χ4n) is 3.61. The highest BCUT2D eigenvalue weighted by atomic mass is 32.2. The summed E-state index contributed by atoms with van der Waals surface area (Å²) in [5.41, 5.74) is 2.10. The second kappa shape index (κ2) is 10.1. The summed E-state index contributed by atoms with van der Waals surface area (Å²) in [4.78, 5) is 30.4. The highest BCUT2D eigenvalue weighted by molar-refractivity contribution is 8.00. The highest BCUT2D eigenvalue weighted by Crippen LogP contribution is 2.26. The zero-order chi connectivity index (χ0) is 20.8. The summed E-state index contributed by atoms with van der Waals surface area (Å²) in [6.07, 6.45) is 8.92. The predicted octanol–water partition coefficient (Wildman–Crippen LogP) is 4.85. The van der Waals surface area contributed by atoms with E-state index in [9.17, 15) is 9.59 Å². The maximum atomic E-state index is 13.1. The van der Waals surface area contributed by atoms with Gasteiger partial charge in [-0.3, -0.25) is 14.2 Å². The van der Waals surface area contributed by atoms with Gasteiger partial charge in [-0.2, -0.15) is 0 Å². The number of carbonyl (C=O) groups excluding carboxylic acids is 1. The molecule has 2 aromatic rings. The third-order valence-electron chi connectivity index (χ3n) is 5.59. The number of amides is 1. The van der Waals surface area contributed by atoms with Crippen LogP contribution in [-0.4, -0.2) is 27.3 Å². The molecule has 156 valence electrons. The molecule has 0 radical (unpaired) electrons. The summed E-state index contributed by atoms with van der Waals surface area (Å²) < 4.78 is 1.74. The summed E-state index contributed by atoms with van der Waals surface area (Å²) in [6.45, 7) is 6.61. The fraction of sp³-hybridized carbons (Fsp3) is 0.522. The topological polar surface area (TPSA) is 64.0 Å². The van der Waals surface area contributed by atoms with E-state index >= 15 is 0 Å². The molecular formula is C23H31N3O2S. The van der Waals surface area contributed by atoms with Crippen molar-refractivity contribution >= 4 is 28.6 Å². The number of hydrogen-bond donors (Lipinski definition) is 1. The van der Waals surface area contributed by atoms with Gasteiger partial charge in [0.05, 0.1) is 16.2 Å². The molecule has 3 rings (SSSR count). The maximum Gasteiger partial charge on any atom is 0.262 e. The van der Waals surface area contributed by atoms with E-state index in [1.807, 2.05) is 38.1 Å². The molecule has 1 heterocycles. The zero-order valence-electron chi connectivity index (χ0n) is 17.6. The quantitative estimate of drug-likeness (QED) is 0.381. The molecule has 1 N–H and O–H groups in total. The van der Waals surface area contributed by atoms with Crippen molar-refractivity contribution in [3.8, 4) is 0 Å². The largest absolute Gasteiger partial charge is 0.355 e. The van der Waals surface area contributed by atoms with E-state index in [2.05, 4.69) is 18.3 Å². The first-order chi connectivity index (χ1) is 14.0. The summed E-state index contributed by atoms with van der Waals surface area (Å²) in [6, 6.07) is 7.43. The van der Waals surface area contributed by atoms with Gasteiger partial charge in [-0.05, 0) is 64.5 Å². The minimum Gasteiger partial charge on any atom is -0.355 e. The number of rotatable bonds is 8. The van der Waals surface area contributed by atoms with E-state index in [0.29, 0.717) is 22.6 Å². The van der Waals surface area contributed by atoms with Crippen LogP contribution in [0.1, 0.15) is 65.3 Å². The molecule has 29 heavy (non-hydrogen) atoms. The molecule has 1 aliphatic carbocycles. The van der Waals surface area contributed by atoms with Crippen molar-refractivity contribution in [1.29, 1.82) is 0 Å². The maximum absolute atomic E-state index is 13.1. The van der Waals surface area contributed by atoms with Gasteiger partial charge in [0.25, 0.3) is 5.56 Å². The first-order valence-corrected chi connectivity index (χ1v) is 11.5. The fourth-order valence-corrected chi connectivity index (χ4v) is 4.65. The van der Waals surface area contributed by atoms with E-state index in [-0.39, 0.29) is 22.8 Å². The second-order valence-electron chi connectivity index (χ2n) is 7.75. The van der Waals surface area contributed by atoms with Gasteiger partial charge >= 0.3 is 0 Å². The van der Waals surface area contributed by atoms with Crippen molar-refractivity contribution in [3.05, 3.63) is 46.3 Å². The van der Waals surface area contributed by atoms with Crippen LogP contribution in [0, 0.1) is 0 Å². The Morgan fingerprint density at radius 1 is 1.28 bits per heavy atom. The molecule has 5 nitrogen and oxygen atoms in total. The van der Waals surface area contributed by atoms with Crippen molar-refractivity contribution in [3.63, 3.8) is 0 Å². The Kier molecular flexibility index (Phi) is 7.53. The minimum absolute atomic E-state index is 0.00971. The van der Waals surface area contributed by atoms with Gasteiger partial charge in [0.15, 0.2) is 5.16 Å². The molecule has 0 spiro atoms. The van der Waals surface area contributed by atoms with Crippen LogP contribution in [0.3, 0.4) is 0 Å². The molecule has 0 bridgehead atoms. The number of hydrogen-bond acceptors (Lipinski definition) is 4. The molecule has 1 amide bonds. The standard InChI is InChI=1S/C23H31N3O2S/c1-4-16(2)26-22(28)19-12-8-9-13-20(19)25-23(26)29-17(3)21(27)24-15-14-18-10-6-5-7-11-18/h8-10,12-13,16-17H,4-7,11,14-15H2,1-3H3,(H,24,27)/t16-,17-/m0/s1. The number of fused-ring (bicyclic) bond motifs is 1. The van der Waals surface area contributed by atoms with Crippen LogP contribution in [0.25, 0.3) is 10.9 Å². The second-order valence-corrected chi connectivity index (χ2v) is 9.06. The lowest BCUT2D eigenvalue weighted by atomic mass is 9.97. The molecule has 1 aliphatic rings. The molecule has 0 fully saturated rings. The molecule has 0 saturated heterocycles. The van der Waals surface area contributed by atoms with Crippen LogP contribution < -0.4 is 10.9 Å². The number of para-hydroxylation sites is 1. The SMILES string of the molecule is CC[C@H](C)n1c(S[C@@H](C)C(=O)NCCC2=CCCCC2)nc2ccccc2c1=O. The van der Waals surface area contributed by atoms with Crippen molar-refractivity contribution in [2.45, 2.75) is 75.7 Å². The van der Waals surface area contributed by atoms with E-state index in [1.165, 1.54) is 30.2 Å². The van der Waals surface area contributed by atoms with Crippen molar-refractivity contribution in [2.24, 2.45) is 0 Å². The average Bonchev–Trinajstić information content (AvgIpc) is 2.74. The Balaban J connectivity index is 1.73. The van der Waals surface area contributed by atoms with Crippen LogP contribution in [0.4, 0.5) is 0 Å². The van der Waals surface area contributed by atoms with Crippen molar-refractivity contribution < 1.29 is 4.79 Å². The highest BCUT2D eigenvalue weighted by Gasteiger charge is 2.21. The first kappa shape index (κ1) is 21.6. The molecule has 0 aliphatic heterocycles. The van der Waals surface area contributed by atoms with Gasteiger partial charge in [-0.25, -0.2) is 4.98 Å². The lowest BCUT2D eigenvalue weighted by Crippen LogP contribution is -2.33. The van der Waals surface area contributed by atoms with Gasteiger partial charge < -0.3 is 5.32 Å². The molecule has 0 unspecified atom stereocenters. The Bertz CT molecular complexity index is 951. The normalized spacial score (nSPS) is 16.3. The molecule has 2 atom stereocenters. The smallest absolute Gasteiger partial charge is 0.262 e. The number of thioether (sulfide) groups is 1.